The van der Waals surface area contributed by atoms with Crippen molar-refractivity contribution in [2.75, 3.05) is 4.90 Å². The first-order valence-corrected chi connectivity index (χ1v) is 9.96. The third kappa shape index (κ3) is 4.55. The average molecular weight is 450 g/mol. The molecule has 4 rings (SSSR count). The van der Waals surface area contributed by atoms with E-state index in [4.69, 9.17) is 17.0 Å². The molecule has 1 heterocycles. The first-order chi connectivity index (χ1) is 15.4. The maximum Gasteiger partial charge on any atom is 0.270 e. The summed E-state index contributed by atoms with van der Waals surface area (Å²) in [6.45, 7) is 0.101. The number of para-hydroxylation sites is 1. The van der Waals surface area contributed by atoms with E-state index in [-0.39, 0.29) is 23.1 Å². The fourth-order valence-electron chi connectivity index (χ4n) is 3.16. The molecule has 2 amide bonds. The average Bonchev–Trinajstić information content (AvgIpc) is 2.77. The normalized spacial score (nSPS) is 15.1. The van der Waals surface area contributed by atoms with E-state index in [1.54, 1.807) is 36.4 Å². The molecule has 32 heavy (non-hydrogen) atoms. The number of hydrogen-bond donors (Lipinski definition) is 1. The van der Waals surface area contributed by atoms with Gasteiger partial charge in [-0.2, -0.15) is 0 Å². The molecule has 0 atom stereocenters. The molecule has 0 aliphatic carbocycles. The summed E-state index contributed by atoms with van der Waals surface area (Å²) >= 11 is 5.14. The van der Waals surface area contributed by atoms with Crippen molar-refractivity contribution in [1.82, 2.24) is 5.32 Å². The fourth-order valence-corrected chi connectivity index (χ4v) is 3.44. The molecular formula is C24H16F2N2O3S. The number of ether oxygens (including phenoxy) is 1. The maximum atomic E-state index is 13.4. The van der Waals surface area contributed by atoms with E-state index in [0.717, 1.165) is 4.90 Å². The highest BCUT2D eigenvalue weighted by molar-refractivity contribution is 7.80. The van der Waals surface area contributed by atoms with E-state index in [9.17, 15) is 18.4 Å². The highest BCUT2D eigenvalue weighted by Gasteiger charge is 2.34. The summed E-state index contributed by atoms with van der Waals surface area (Å²) in [6, 6.07) is 18.0. The predicted molar refractivity (Wildman–Crippen MR) is 120 cm³/mol. The minimum absolute atomic E-state index is 0.0978. The van der Waals surface area contributed by atoms with Crippen molar-refractivity contribution in [3.05, 3.63) is 101 Å². The molecule has 0 saturated carbocycles. The van der Waals surface area contributed by atoms with Crippen molar-refractivity contribution in [1.29, 1.82) is 0 Å². The first kappa shape index (κ1) is 21.3. The van der Waals surface area contributed by atoms with Crippen molar-refractivity contribution >= 4 is 40.9 Å². The van der Waals surface area contributed by atoms with Gasteiger partial charge >= 0.3 is 0 Å². The SMILES string of the molecule is O=C1NC(=S)N(c2ccc(F)cc2)C(=O)/C1=C/c1ccccc1OCc1cccc(F)c1. The molecule has 0 aromatic heterocycles. The zero-order chi connectivity index (χ0) is 22.7. The number of nitrogens with zero attached hydrogens (tertiary/aromatic N) is 1. The molecule has 3 aromatic carbocycles. The van der Waals surface area contributed by atoms with E-state index in [0.29, 0.717) is 22.6 Å². The van der Waals surface area contributed by atoms with Gasteiger partial charge in [-0.25, -0.2) is 8.78 Å². The Morgan fingerprint density at radius 2 is 1.69 bits per heavy atom. The van der Waals surface area contributed by atoms with Crippen LogP contribution in [-0.4, -0.2) is 16.9 Å². The van der Waals surface area contributed by atoms with Crippen LogP contribution in [0.3, 0.4) is 0 Å². The summed E-state index contributed by atoms with van der Waals surface area (Å²) in [7, 11) is 0. The van der Waals surface area contributed by atoms with Gasteiger partial charge in [0.15, 0.2) is 5.11 Å². The van der Waals surface area contributed by atoms with Gasteiger partial charge < -0.3 is 4.74 Å². The van der Waals surface area contributed by atoms with Crippen LogP contribution in [-0.2, 0) is 16.2 Å². The number of hydrogen-bond acceptors (Lipinski definition) is 4. The van der Waals surface area contributed by atoms with Gasteiger partial charge in [0, 0.05) is 5.56 Å². The quantitative estimate of drug-likeness (QED) is 0.356. The van der Waals surface area contributed by atoms with Gasteiger partial charge in [-0.05, 0) is 66.3 Å². The molecule has 8 heteroatoms. The standard InChI is InChI=1S/C24H16F2N2O3S/c25-17-8-10-19(11-9-17)28-23(30)20(22(29)27-24(28)32)13-16-5-1-2-7-21(16)31-14-15-4-3-6-18(26)12-15/h1-13H,14H2,(H,27,29,32)/b20-13+. The van der Waals surface area contributed by atoms with Crippen molar-refractivity contribution in [2.24, 2.45) is 0 Å². The molecule has 0 radical (unpaired) electrons. The van der Waals surface area contributed by atoms with Gasteiger partial charge in [0.25, 0.3) is 11.8 Å². The van der Waals surface area contributed by atoms with Crippen molar-refractivity contribution in [3.8, 4) is 5.75 Å². The second-order valence-electron chi connectivity index (χ2n) is 6.89. The molecule has 0 spiro atoms. The summed E-state index contributed by atoms with van der Waals surface area (Å²) in [5, 5.41) is 2.38. The van der Waals surface area contributed by atoms with Gasteiger partial charge in [0.2, 0.25) is 0 Å². The van der Waals surface area contributed by atoms with Crippen LogP contribution in [0.4, 0.5) is 14.5 Å². The summed E-state index contributed by atoms with van der Waals surface area (Å²) in [5.41, 5.74) is 1.27. The molecular weight excluding hydrogens is 434 g/mol. The lowest BCUT2D eigenvalue weighted by Crippen LogP contribution is -2.54. The number of anilines is 1. The monoisotopic (exact) mass is 450 g/mol. The zero-order valence-corrected chi connectivity index (χ0v) is 17.4. The fraction of sp³-hybridized carbons (Fsp3) is 0.0417. The molecule has 1 N–H and O–H groups in total. The van der Waals surface area contributed by atoms with Crippen molar-refractivity contribution in [2.45, 2.75) is 6.61 Å². The first-order valence-electron chi connectivity index (χ1n) is 9.55. The lowest BCUT2D eigenvalue weighted by atomic mass is 10.1. The number of thiocarbonyl (C=S) groups is 1. The van der Waals surface area contributed by atoms with E-state index in [1.807, 2.05) is 0 Å². The molecule has 3 aromatic rings. The lowest BCUT2D eigenvalue weighted by molar-refractivity contribution is -0.122. The molecule has 0 unspecified atom stereocenters. The zero-order valence-electron chi connectivity index (χ0n) is 16.5. The predicted octanol–water partition coefficient (Wildman–Crippen LogP) is 4.38. The summed E-state index contributed by atoms with van der Waals surface area (Å²) < 4.78 is 32.5. The van der Waals surface area contributed by atoms with Crippen LogP contribution in [0.25, 0.3) is 6.08 Å². The Hall–Kier alpha value is -3.91. The van der Waals surface area contributed by atoms with Gasteiger partial charge in [0.05, 0.1) is 5.69 Å². The van der Waals surface area contributed by atoms with E-state index in [1.165, 1.54) is 42.5 Å². The second kappa shape index (κ2) is 9.07. The molecule has 160 valence electrons. The largest absolute Gasteiger partial charge is 0.488 e. The number of rotatable bonds is 5. The van der Waals surface area contributed by atoms with Crippen LogP contribution < -0.4 is 15.0 Å². The van der Waals surface area contributed by atoms with Crippen LogP contribution >= 0.6 is 12.2 Å². The van der Waals surface area contributed by atoms with Gasteiger partial charge in [-0.1, -0.05) is 30.3 Å². The van der Waals surface area contributed by atoms with Crippen LogP contribution in [0, 0.1) is 11.6 Å². The molecule has 5 nitrogen and oxygen atoms in total. The van der Waals surface area contributed by atoms with E-state index in [2.05, 4.69) is 5.32 Å². The highest BCUT2D eigenvalue weighted by atomic mass is 32.1. The van der Waals surface area contributed by atoms with Gasteiger partial charge in [-0.15, -0.1) is 0 Å². The number of benzene rings is 3. The summed E-state index contributed by atoms with van der Waals surface area (Å²) in [5.74, 6) is -1.73. The van der Waals surface area contributed by atoms with Crippen LogP contribution in [0.2, 0.25) is 0 Å². The molecule has 1 aliphatic heterocycles. The Morgan fingerprint density at radius 1 is 0.938 bits per heavy atom. The number of carbonyl (C=O) groups is 2. The third-order valence-electron chi connectivity index (χ3n) is 4.69. The molecule has 1 fully saturated rings. The molecule has 1 saturated heterocycles. The number of carbonyl (C=O) groups excluding carboxylic acids is 2. The Balaban J connectivity index is 1.63. The topological polar surface area (TPSA) is 58.6 Å². The van der Waals surface area contributed by atoms with Crippen molar-refractivity contribution < 1.29 is 23.1 Å². The van der Waals surface area contributed by atoms with Gasteiger partial charge in [0.1, 0.15) is 29.6 Å². The number of halogens is 2. The maximum absolute atomic E-state index is 13.4. The Morgan fingerprint density at radius 3 is 2.44 bits per heavy atom. The molecule has 1 aliphatic rings. The second-order valence-corrected chi connectivity index (χ2v) is 7.28. The summed E-state index contributed by atoms with van der Waals surface area (Å²) in [6.07, 6.45) is 1.40. The van der Waals surface area contributed by atoms with E-state index >= 15 is 0 Å². The Kier molecular flexibility index (Phi) is 6.04. The number of amides is 2. The smallest absolute Gasteiger partial charge is 0.270 e. The Bertz CT molecular complexity index is 1240. The minimum atomic E-state index is -0.654. The van der Waals surface area contributed by atoms with Gasteiger partial charge in [-0.3, -0.25) is 19.8 Å². The molecule has 0 bridgehead atoms. The van der Waals surface area contributed by atoms with Crippen LogP contribution in [0.5, 0.6) is 5.75 Å². The van der Waals surface area contributed by atoms with Crippen molar-refractivity contribution in [3.63, 3.8) is 0 Å². The highest BCUT2D eigenvalue weighted by Crippen LogP contribution is 2.26. The van der Waals surface area contributed by atoms with Crippen LogP contribution in [0.15, 0.2) is 78.4 Å². The lowest BCUT2D eigenvalue weighted by Gasteiger charge is -2.29. The Labute approximate surface area is 187 Å². The van der Waals surface area contributed by atoms with E-state index < -0.39 is 17.6 Å². The third-order valence-corrected chi connectivity index (χ3v) is 4.97. The van der Waals surface area contributed by atoms with Crippen LogP contribution in [0.1, 0.15) is 11.1 Å². The minimum Gasteiger partial charge on any atom is -0.488 e. The summed E-state index contributed by atoms with van der Waals surface area (Å²) in [4.78, 5) is 26.7. The number of nitrogens with one attached hydrogen (secondary N) is 1.